The van der Waals surface area contributed by atoms with Gasteiger partial charge < -0.3 is 23.8 Å². The van der Waals surface area contributed by atoms with Gasteiger partial charge in [-0.2, -0.15) is 0 Å². The third-order valence-corrected chi connectivity index (χ3v) is 5.43. The molecular formula is C18H24BNO4. The molecule has 2 atom stereocenters. The zero-order valence-electron chi connectivity index (χ0n) is 14.5. The predicted octanol–water partition coefficient (Wildman–Crippen LogP) is 2.25. The number of fused-ring (bicyclic) bond motifs is 1. The molecule has 2 saturated heterocycles. The molecule has 2 aliphatic rings. The number of hydrogen-bond acceptors (Lipinski definition) is 4. The number of rotatable bonds is 3. The van der Waals surface area contributed by atoms with Gasteiger partial charge in [-0.3, -0.25) is 0 Å². The first-order chi connectivity index (χ1) is 11.5. The lowest BCUT2D eigenvalue weighted by molar-refractivity contribution is -0.125. The molecule has 128 valence electrons. The molecular weight excluding hydrogens is 305 g/mol. The monoisotopic (exact) mass is 329 g/mol. The van der Waals surface area contributed by atoms with E-state index in [1.807, 2.05) is 12.3 Å². The number of aromatic nitrogens is 1. The van der Waals surface area contributed by atoms with E-state index < -0.39 is 11.2 Å². The van der Waals surface area contributed by atoms with E-state index in [9.17, 15) is 0 Å². The SMILES string of the molecule is CC1(C)OB(c2cccc3[nH]ccc23)OC1(C)CC1COCCO1. The predicted molar refractivity (Wildman–Crippen MR) is 93.5 cm³/mol. The third kappa shape index (κ3) is 2.67. The van der Waals surface area contributed by atoms with Gasteiger partial charge in [-0.25, -0.2) is 0 Å². The summed E-state index contributed by atoms with van der Waals surface area (Å²) in [7, 11) is -0.381. The van der Waals surface area contributed by atoms with Crippen LogP contribution in [0, 0.1) is 0 Å². The minimum absolute atomic E-state index is 0.0495. The Balaban J connectivity index is 1.60. The van der Waals surface area contributed by atoms with Crippen LogP contribution in [-0.2, 0) is 18.8 Å². The van der Waals surface area contributed by atoms with Crippen molar-refractivity contribution >= 4 is 23.5 Å². The molecule has 1 aromatic carbocycles. The second-order valence-electron chi connectivity index (χ2n) is 7.37. The van der Waals surface area contributed by atoms with Crippen molar-refractivity contribution in [2.75, 3.05) is 19.8 Å². The molecule has 0 saturated carbocycles. The van der Waals surface area contributed by atoms with Crippen LogP contribution < -0.4 is 5.46 Å². The van der Waals surface area contributed by atoms with Gasteiger partial charge in [0.25, 0.3) is 0 Å². The van der Waals surface area contributed by atoms with E-state index in [1.54, 1.807) is 0 Å². The first-order valence-corrected chi connectivity index (χ1v) is 8.59. The number of H-pyrrole nitrogens is 1. The topological polar surface area (TPSA) is 52.7 Å². The summed E-state index contributed by atoms with van der Waals surface area (Å²) in [5, 5.41) is 1.14. The van der Waals surface area contributed by atoms with Crippen molar-refractivity contribution < 1.29 is 18.8 Å². The fraction of sp³-hybridized carbons (Fsp3) is 0.556. The summed E-state index contributed by atoms with van der Waals surface area (Å²) in [5.41, 5.74) is 1.29. The van der Waals surface area contributed by atoms with E-state index in [0.29, 0.717) is 19.8 Å². The van der Waals surface area contributed by atoms with Gasteiger partial charge in [0.15, 0.2) is 0 Å². The average Bonchev–Trinajstić information content (AvgIpc) is 3.11. The van der Waals surface area contributed by atoms with E-state index in [-0.39, 0.29) is 13.2 Å². The maximum atomic E-state index is 6.46. The first-order valence-electron chi connectivity index (χ1n) is 8.59. The Morgan fingerprint density at radius 1 is 1.17 bits per heavy atom. The Hall–Kier alpha value is -1.34. The molecule has 3 heterocycles. The largest absolute Gasteiger partial charge is 0.495 e. The number of hydrogen-bond donors (Lipinski definition) is 1. The van der Waals surface area contributed by atoms with Crippen LogP contribution in [0.3, 0.4) is 0 Å². The van der Waals surface area contributed by atoms with E-state index in [1.165, 1.54) is 0 Å². The molecule has 1 aromatic heterocycles. The molecule has 2 aromatic rings. The van der Waals surface area contributed by atoms with Gasteiger partial charge >= 0.3 is 7.12 Å². The van der Waals surface area contributed by atoms with Crippen LogP contribution in [-0.4, -0.2) is 49.2 Å². The summed E-state index contributed by atoms with van der Waals surface area (Å²) in [6, 6.07) is 8.23. The van der Waals surface area contributed by atoms with Gasteiger partial charge in [0.1, 0.15) is 0 Å². The molecule has 2 aliphatic heterocycles. The Kier molecular flexibility index (Phi) is 3.96. The number of aromatic amines is 1. The molecule has 4 rings (SSSR count). The summed E-state index contributed by atoms with van der Waals surface area (Å²) in [6.07, 6.45) is 2.74. The molecule has 0 radical (unpaired) electrons. The molecule has 1 N–H and O–H groups in total. The lowest BCUT2D eigenvalue weighted by atomic mass is 9.77. The highest BCUT2D eigenvalue weighted by molar-refractivity contribution is 6.65. The molecule has 24 heavy (non-hydrogen) atoms. The van der Waals surface area contributed by atoms with Crippen molar-refractivity contribution in [2.24, 2.45) is 0 Å². The van der Waals surface area contributed by atoms with Crippen LogP contribution >= 0.6 is 0 Å². The number of ether oxygens (including phenoxy) is 2. The summed E-state index contributed by atoms with van der Waals surface area (Å²) >= 11 is 0. The van der Waals surface area contributed by atoms with Gasteiger partial charge in [0.2, 0.25) is 0 Å². The molecule has 0 aliphatic carbocycles. The molecule has 0 spiro atoms. The van der Waals surface area contributed by atoms with Gasteiger partial charge in [0.05, 0.1) is 37.1 Å². The number of benzene rings is 1. The van der Waals surface area contributed by atoms with Gasteiger partial charge in [0, 0.05) is 18.1 Å². The highest BCUT2D eigenvalue weighted by Crippen LogP contribution is 2.41. The van der Waals surface area contributed by atoms with E-state index in [0.717, 1.165) is 22.8 Å². The highest BCUT2D eigenvalue weighted by atomic mass is 16.7. The van der Waals surface area contributed by atoms with Crippen LogP contribution in [0.5, 0.6) is 0 Å². The number of nitrogens with one attached hydrogen (secondary N) is 1. The van der Waals surface area contributed by atoms with Crippen molar-refractivity contribution in [1.29, 1.82) is 0 Å². The molecule has 2 unspecified atom stereocenters. The van der Waals surface area contributed by atoms with Crippen LogP contribution in [0.15, 0.2) is 30.5 Å². The zero-order chi connectivity index (χ0) is 16.8. The summed E-state index contributed by atoms with van der Waals surface area (Å²) in [4.78, 5) is 3.24. The van der Waals surface area contributed by atoms with E-state index >= 15 is 0 Å². The van der Waals surface area contributed by atoms with Crippen molar-refractivity contribution in [2.45, 2.75) is 44.5 Å². The molecule has 0 bridgehead atoms. The highest BCUT2D eigenvalue weighted by Gasteiger charge is 2.55. The van der Waals surface area contributed by atoms with Crippen molar-refractivity contribution in [3.63, 3.8) is 0 Å². The minimum atomic E-state index is -0.443. The molecule has 6 heteroatoms. The van der Waals surface area contributed by atoms with E-state index in [4.69, 9.17) is 18.8 Å². The Bertz CT molecular complexity index is 725. The third-order valence-electron chi connectivity index (χ3n) is 5.43. The van der Waals surface area contributed by atoms with Gasteiger partial charge in [-0.15, -0.1) is 0 Å². The molecule has 5 nitrogen and oxygen atoms in total. The molecule has 0 amide bonds. The van der Waals surface area contributed by atoms with Gasteiger partial charge in [-0.05, 0) is 43.8 Å². The normalized spacial score (nSPS) is 30.1. The lowest BCUT2D eigenvalue weighted by Crippen LogP contribution is -2.49. The smallest absolute Gasteiger partial charge is 0.399 e. The standard InChI is InChI=1S/C18H24BNO4/c1-17(2)18(3,11-13-12-21-9-10-22-13)24-19(23-17)15-5-4-6-16-14(15)7-8-20-16/h4-8,13,20H,9-12H2,1-3H3. The van der Waals surface area contributed by atoms with E-state index in [2.05, 4.69) is 44.0 Å². The second kappa shape index (κ2) is 5.88. The van der Waals surface area contributed by atoms with Crippen LogP contribution in [0.2, 0.25) is 0 Å². The maximum Gasteiger partial charge on any atom is 0.495 e. The lowest BCUT2D eigenvalue weighted by Gasteiger charge is -2.39. The van der Waals surface area contributed by atoms with Crippen molar-refractivity contribution in [3.8, 4) is 0 Å². The summed E-state index contributed by atoms with van der Waals surface area (Å²) in [6.45, 7) is 8.23. The maximum absolute atomic E-state index is 6.46. The second-order valence-corrected chi connectivity index (χ2v) is 7.37. The molecule has 2 fully saturated rings. The zero-order valence-corrected chi connectivity index (χ0v) is 14.5. The summed E-state index contributed by atoms with van der Waals surface area (Å²) in [5.74, 6) is 0. The van der Waals surface area contributed by atoms with Crippen molar-refractivity contribution in [3.05, 3.63) is 30.5 Å². The Labute approximate surface area is 142 Å². The summed E-state index contributed by atoms with van der Waals surface area (Å²) < 4.78 is 24.2. The van der Waals surface area contributed by atoms with Gasteiger partial charge in [-0.1, -0.05) is 12.1 Å². The Morgan fingerprint density at radius 2 is 2.04 bits per heavy atom. The van der Waals surface area contributed by atoms with Crippen LogP contribution in [0.4, 0.5) is 0 Å². The fourth-order valence-corrected chi connectivity index (χ4v) is 3.62. The van der Waals surface area contributed by atoms with Crippen LogP contribution in [0.1, 0.15) is 27.2 Å². The Morgan fingerprint density at radius 3 is 2.83 bits per heavy atom. The average molecular weight is 329 g/mol. The van der Waals surface area contributed by atoms with Crippen molar-refractivity contribution in [1.82, 2.24) is 4.98 Å². The first kappa shape index (κ1) is 16.2. The van der Waals surface area contributed by atoms with Crippen LogP contribution in [0.25, 0.3) is 10.9 Å². The quantitative estimate of drug-likeness (QED) is 0.878. The fourth-order valence-electron chi connectivity index (χ4n) is 3.62. The minimum Gasteiger partial charge on any atom is -0.399 e.